The molecule has 1 aliphatic rings. The van der Waals surface area contributed by atoms with Gasteiger partial charge in [0.25, 0.3) is 0 Å². The largest absolute Gasteiger partial charge is 0.331 e. The SMILES string of the molecule is O=S(CC1CCCN1)c1nc2ccccc2[nH]1. The molecule has 2 unspecified atom stereocenters. The summed E-state index contributed by atoms with van der Waals surface area (Å²) in [6.07, 6.45) is 2.30. The zero-order valence-electron chi connectivity index (χ0n) is 9.48. The minimum atomic E-state index is -1.04. The van der Waals surface area contributed by atoms with Crippen LogP contribution >= 0.6 is 0 Å². The molecule has 2 aromatic rings. The van der Waals surface area contributed by atoms with Crippen LogP contribution in [0.15, 0.2) is 29.4 Å². The Morgan fingerprint density at radius 2 is 2.29 bits per heavy atom. The van der Waals surface area contributed by atoms with Crippen molar-refractivity contribution in [3.8, 4) is 0 Å². The maximum Gasteiger partial charge on any atom is 0.197 e. The summed E-state index contributed by atoms with van der Waals surface area (Å²) >= 11 is 0. The third-order valence-electron chi connectivity index (χ3n) is 3.10. The summed E-state index contributed by atoms with van der Waals surface area (Å²) in [5.41, 5.74) is 1.84. The maximum absolute atomic E-state index is 12.1. The number of aromatic amines is 1. The quantitative estimate of drug-likeness (QED) is 0.865. The number of fused-ring (bicyclic) bond motifs is 1. The lowest BCUT2D eigenvalue weighted by Gasteiger charge is -2.07. The first-order valence-electron chi connectivity index (χ1n) is 5.89. The van der Waals surface area contributed by atoms with Crippen LogP contribution in [0.4, 0.5) is 0 Å². The summed E-state index contributed by atoms with van der Waals surface area (Å²) in [6, 6.07) is 8.15. The number of rotatable bonds is 3. The summed E-state index contributed by atoms with van der Waals surface area (Å²) in [6.45, 7) is 1.04. The molecule has 1 aromatic heterocycles. The summed E-state index contributed by atoms with van der Waals surface area (Å²) < 4.78 is 12.1. The Hall–Kier alpha value is -1.20. The number of aromatic nitrogens is 2. The molecule has 0 saturated carbocycles. The van der Waals surface area contributed by atoms with E-state index in [4.69, 9.17) is 0 Å². The smallest absolute Gasteiger partial charge is 0.197 e. The van der Waals surface area contributed by atoms with Crippen LogP contribution in [0.1, 0.15) is 12.8 Å². The molecule has 90 valence electrons. The van der Waals surface area contributed by atoms with E-state index >= 15 is 0 Å². The minimum Gasteiger partial charge on any atom is -0.331 e. The Morgan fingerprint density at radius 3 is 3.06 bits per heavy atom. The van der Waals surface area contributed by atoms with Crippen LogP contribution in [-0.2, 0) is 10.8 Å². The van der Waals surface area contributed by atoms with E-state index in [9.17, 15) is 4.21 Å². The highest BCUT2D eigenvalue weighted by atomic mass is 32.2. The monoisotopic (exact) mass is 249 g/mol. The van der Waals surface area contributed by atoms with Crippen molar-refractivity contribution in [1.29, 1.82) is 0 Å². The first-order chi connectivity index (χ1) is 8.33. The molecule has 2 heterocycles. The van der Waals surface area contributed by atoms with Gasteiger partial charge in [-0.15, -0.1) is 0 Å². The molecule has 2 N–H and O–H groups in total. The lowest BCUT2D eigenvalue weighted by atomic mass is 10.3. The zero-order chi connectivity index (χ0) is 11.7. The minimum absolute atomic E-state index is 0.379. The molecule has 5 heteroatoms. The van der Waals surface area contributed by atoms with E-state index < -0.39 is 10.8 Å². The molecule has 3 rings (SSSR count). The third-order valence-corrected chi connectivity index (χ3v) is 4.43. The van der Waals surface area contributed by atoms with Crippen molar-refractivity contribution < 1.29 is 4.21 Å². The average Bonchev–Trinajstić information content (AvgIpc) is 2.96. The van der Waals surface area contributed by atoms with E-state index in [1.165, 1.54) is 6.42 Å². The standard InChI is InChI=1S/C12H15N3OS/c16-17(8-9-4-3-7-13-9)12-14-10-5-1-2-6-11(10)15-12/h1-2,5-6,9,13H,3-4,7-8H2,(H,14,15). The lowest BCUT2D eigenvalue weighted by Crippen LogP contribution is -2.27. The molecule has 2 atom stereocenters. The molecule has 0 spiro atoms. The molecular weight excluding hydrogens is 234 g/mol. The Morgan fingerprint density at radius 1 is 1.41 bits per heavy atom. The number of hydrogen-bond donors (Lipinski definition) is 2. The highest BCUT2D eigenvalue weighted by Gasteiger charge is 2.19. The zero-order valence-corrected chi connectivity index (χ0v) is 10.3. The third kappa shape index (κ3) is 2.25. The number of H-pyrrole nitrogens is 1. The van der Waals surface area contributed by atoms with E-state index in [0.717, 1.165) is 24.0 Å². The van der Waals surface area contributed by atoms with Crippen molar-refractivity contribution in [3.63, 3.8) is 0 Å². The van der Waals surface area contributed by atoms with E-state index in [1.54, 1.807) is 0 Å². The van der Waals surface area contributed by atoms with Gasteiger partial charge in [0.1, 0.15) is 0 Å². The van der Waals surface area contributed by atoms with Crippen LogP contribution in [0.25, 0.3) is 11.0 Å². The van der Waals surface area contributed by atoms with Crippen LogP contribution in [0.2, 0.25) is 0 Å². The predicted molar refractivity (Wildman–Crippen MR) is 68.4 cm³/mol. The number of imidazole rings is 1. The second kappa shape index (κ2) is 4.58. The van der Waals surface area contributed by atoms with Gasteiger partial charge in [-0.3, -0.25) is 4.21 Å². The fraction of sp³-hybridized carbons (Fsp3) is 0.417. The summed E-state index contributed by atoms with van der Waals surface area (Å²) in [4.78, 5) is 7.50. The van der Waals surface area contributed by atoms with Crippen molar-refractivity contribution in [2.45, 2.75) is 24.0 Å². The van der Waals surface area contributed by atoms with Gasteiger partial charge in [0, 0.05) is 11.8 Å². The fourth-order valence-electron chi connectivity index (χ4n) is 2.20. The number of hydrogen-bond acceptors (Lipinski definition) is 3. The van der Waals surface area contributed by atoms with E-state index in [0.29, 0.717) is 17.0 Å². The van der Waals surface area contributed by atoms with Crippen molar-refractivity contribution >= 4 is 21.8 Å². The van der Waals surface area contributed by atoms with Crippen LogP contribution < -0.4 is 5.32 Å². The fourth-order valence-corrected chi connectivity index (χ4v) is 3.43. The molecule has 1 saturated heterocycles. The number of nitrogens with zero attached hydrogens (tertiary/aromatic N) is 1. The van der Waals surface area contributed by atoms with Gasteiger partial charge < -0.3 is 10.3 Å². The summed E-state index contributed by atoms with van der Waals surface area (Å²) in [5.74, 6) is 0.653. The second-order valence-corrected chi connectivity index (χ2v) is 5.78. The molecule has 1 fully saturated rings. The van der Waals surface area contributed by atoms with Crippen molar-refractivity contribution in [2.24, 2.45) is 0 Å². The Labute approximate surface area is 102 Å². The van der Waals surface area contributed by atoms with E-state index in [2.05, 4.69) is 15.3 Å². The second-order valence-electron chi connectivity index (χ2n) is 4.36. The number of benzene rings is 1. The molecule has 1 aliphatic heterocycles. The highest BCUT2D eigenvalue weighted by Crippen LogP contribution is 2.15. The van der Waals surface area contributed by atoms with Crippen LogP contribution in [0.5, 0.6) is 0 Å². The van der Waals surface area contributed by atoms with Crippen molar-refractivity contribution in [1.82, 2.24) is 15.3 Å². The molecule has 1 aromatic carbocycles. The van der Waals surface area contributed by atoms with Gasteiger partial charge in [-0.05, 0) is 31.5 Å². The van der Waals surface area contributed by atoms with Crippen molar-refractivity contribution in [2.75, 3.05) is 12.3 Å². The molecular formula is C12H15N3OS. The normalized spacial score (nSPS) is 22.0. The molecule has 0 amide bonds. The van der Waals surface area contributed by atoms with E-state index in [1.807, 2.05) is 24.3 Å². The Balaban J connectivity index is 1.80. The maximum atomic E-state index is 12.1. The molecule has 4 nitrogen and oxygen atoms in total. The van der Waals surface area contributed by atoms with Crippen LogP contribution in [0, 0.1) is 0 Å². The molecule has 0 bridgehead atoms. The number of nitrogens with one attached hydrogen (secondary N) is 2. The molecule has 0 radical (unpaired) electrons. The van der Waals surface area contributed by atoms with Gasteiger partial charge in [-0.2, -0.15) is 0 Å². The first-order valence-corrected chi connectivity index (χ1v) is 7.21. The average molecular weight is 249 g/mol. The topological polar surface area (TPSA) is 57.8 Å². The predicted octanol–water partition coefficient (Wildman–Crippen LogP) is 1.42. The Bertz CT molecular complexity index is 512. The lowest BCUT2D eigenvalue weighted by molar-refractivity contribution is 0.639. The van der Waals surface area contributed by atoms with Gasteiger partial charge in [-0.25, -0.2) is 4.98 Å². The van der Waals surface area contributed by atoms with Gasteiger partial charge in [0.15, 0.2) is 5.16 Å². The first kappa shape index (κ1) is 10.9. The van der Waals surface area contributed by atoms with Crippen LogP contribution in [-0.4, -0.2) is 32.5 Å². The summed E-state index contributed by atoms with van der Waals surface area (Å²) in [5, 5.41) is 3.95. The van der Waals surface area contributed by atoms with Crippen LogP contribution in [0.3, 0.4) is 0 Å². The molecule has 0 aliphatic carbocycles. The van der Waals surface area contributed by atoms with Gasteiger partial charge >= 0.3 is 0 Å². The van der Waals surface area contributed by atoms with Crippen molar-refractivity contribution in [3.05, 3.63) is 24.3 Å². The van der Waals surface area contributed by atoms with Gasteiger partial charge in [-0.1, -0.05) is 12.1 Å². The Kier molecular flexibility index (Phi) is 2.94. The number of para-hydroxylation sites is 2. The summed E-state index contributed by atoms with van der Waals surface area (Å²) in [7, 11) is -1.04. The molecule has 17 heavy (non-hydrogen) atoms. The van der Waals surface area contributed by atoms with Gasteiger partial charge in [0.05, 0.1) is 21.8 Å². The highest BCUT2D eigenvalue weighted by molar-refractivity contribution is 7.84. The van der Waals surface area contributed by atoms with Gasteiger partial charge in [0.2, 0.25) is 0 Å². The van der Waals surface area contributed by atoms with E-state index in [-0.39, 0.29) is 0 Å².